The summed E-state index contributed by atoms with van der Waals surface area (Å²) in [7, 11) is 0. The van der Waals surface area contributed by atoms with E-state index >= 15 is 0 Å². The summed E-state index contributed by atoms with van der Waals surface area (Å²) in [5, 5.41) is 0. The Balaban J connectivity index is 1.60. The molecule has 1 amide bonds. The van der Waals surface area contributed by atoms with Crippen LogP contribution in [0.3, 0.4) is 0 Å². The summed E-state index contributed by atoms with van der Waals surface area (Å²) in [6.45, 7) is 3.96. The Bertz CT molecular complexity index is 625. The molecule has 1 aromatic carbocycles. The van der Waals surface area contributed by atoms with Gasteiger partial charge in [0.15, 0.2) is 0 Å². The van der Waals surface area contributed by atoms with Crippen molar-refractivity contribution in [3.8, 4) is 0 Å². The number of nitrogens with one attached hydrogen (secondary N) is 1. The second-order valence-corrected chi connectivity index (χ2v) is 5.59. The zero-order valence-corrected chi connectivity index (χ0v) is 12.8. The molecule has 1 atom stereocenters. The lowest BCUT2D eigenvalue weighted by molar-refractivity contribution is -0.139. The molecule has 1 unspecified atom stereocenters. The number of hydrogen-bond acceptors (Lipinski definition) is 3. The van der Waals surface area contributed by atoms with E-state index in [-0.39, 0.29) is 12.0 Å². The van der Waals surface area contributed by atoms with Crippen LogP contribution in [0.1, 0.15) is 29.5 Å². The number of morpholine rings is 1. The minimum absolute atomic E-state index is 0.0255. The molecule has 1 N–H and O–H groups in total. The monoisotopic (exact) mass is 299 g/mol. The van der Waals surface area contributed by atoms with Gasteiger partial charge in [-0.2, -0.15) is 0 Å². The van der Waals surface area contributed by atoms with Crippen molar-refractivity contribution in [2.75, 3.05) is 19.7 Å². The first kappa shape index (κ1) is 14.8. The maximum Gasteiger partial charge on any atom is 0.223 e. The zero-order valence-electron chi connectivity index (χ0n) is 12.8. The predicted molar refractivity (Wildman–Crippen MR) is 83.4 cm³/mol. The molecule has 0 saturated carbocycles. The molecule has 5 nitrogen and oxygen atoms in total. The summed E-state index contributed by atoms with van der Waals surface area (Å²) >= 11 is 0. The molecule has 1 aromatic heterocycles. The van der Waals surface area contributed by atoms with E-state index in [9.17, 15) is 4.79 Å². The third kappa shape index (κ3) is 3.36. The first-order valence-corrected chi connectivity index (χ1v) is 7.67. The van der Waals surface area contributed by atoms with E-state index in [0.29, 0.717) is 32.5 Å². The number of ether oxygens (including phenoxy) is 1. The zero-order chi connectivity index (χ0) is 15.4. The molecule has 22 heavy (non-hydrogen) atoms. The maximum absolute atomic E-state index is 12.4. The van der Waals surface area contributed by atoms with Crippen molar-refractivity contribution in [1.29, 1.82) is 0 Å². The van der Waals surface area contributed by atoms with E-state index in [2.05, 4.69) is 29.0 Å². The fourth-order valence-corrected chi connectivity index (χ4v) is 2.83. The molecule has 5 heteroatoms. The van der Waals surface area contributed by atoms with Crippen LogP contribution in [0.25, 0.3) is 0 Å². The summed E-state index contributed by atoms with van der Waals surface area (Å²) in [5.74, 6) is 1.02. The molecule has 0 radical (unpaired) electrons. The molecule has 3 rings (SSSR count). The van der Waals surface area contributed by atoms with E-state index in [1.807, 2.05) is 17.0 Å². The average Bonchev–Trinajstić information content (AvgIpc) is 3.06. The fourth-order valence-electron chi connectivity index (χ4n) is 2.83. The standard InChI is InChI=1S/C17H21N3O2/c1-13-4-2-3-5-14(13)15-12-20(10-11-22-15)17(21)7-6-16-18-8-9-19-16/h2-5,8-9,15H,6-7,10-12H2,1H3,(H,18,19). The molecule has 1 aliphatic rings. The maximum atomic E-state index is 12.4. The highest BCUT2D eigenvalue weighted by atomic mass is 16.5. The first-order chi connectivity index (χ1) is 10.7. The molecule has 2 heterocycles. The number of nitrogens with zero attached hydrogens (tertiary/aromatic N) is 2. The Labute approximate surface area is 130 Å². The van der Waals surface area contributed by atoms with E-state index in [1.165, 1.54) is 11.1 Å². The number of H-pyrrole nitrogens is 1. The third-order valence-corrected chi connectivity index (χ3v) is 4.09. The van der Waals surface area contributed by atoms with Gasteiger partial charge in [0.2, 0.25) is 5.91 Å². The molecular weight excluding hydrogens is 278 g/mol. The van der Waals surface area contributed by atoms with Gasteiger partial charge in [-0.05, 0) is 18.1 Å². The predicted octanol–water partition coefficient (Wildman–Crippen LogP) is 2.25. The fraction of sp³-hybridized carbons (Fsp3) is 0.412. The van der Waals surface area contributed by atoms with Crippen LogP contribution in [0, 0.1) is 6.92 Å². The van der Waals surface area contributed by atoms with Crippen LogP contribution in [0.15, 0.2) is 36.7 Å². The normalized spacial score (nSPS) is 18.4. The van der Waals surface area contributed by atoms with Crippen LogP contribution in [0.2, 0.25) is 0 Å². The minimum atomic E-state index is -0.0255. The number of imidazole rings is 1. The van der Waals surface area contributed by atoms with Gasteiger partial charge in [0, 0.05) is 31.8 Å². The number of aromatic amines is 1. The van der Waals surface area contributed by atoms with Crippen molar-refractivity contribution in [1.82, 2.24) is 14.9 Å². The smallest absolute Gasteiger partial charge is 0.223 e. The lowest BCUT2D eigenvalue weighted by Crippen LogP contribution is -2.42. The van der Waals surface area contributed by atoms with E-state index < -0.39 is 0 Å². The highest BCUT2D eigenvalue weighted by molar-refractivity contribution is 5.76. The molecule has 1 aliphatic heterocycles. The van der Waals surface area contributed by atoms with Crippen molar-refractivity contribution < 1.29 is 9.53 Å². The van der Waals surface area contributed by atoms with Gasteiger partial charge in [0.05, 0.1) is 13.2 Å². The summed E-state index contributed by atoms with van der Waals surface area (Å²) in [4.78, 5) is 21.5. The summed E-state index contributed by atoms with van der Waals surface area (Å²) in [5.41, 5.74) is 2.38. The third-order valence-electron chi connectivity index (χ3n) is 4.09. The molecule has 1 fully saturated rings. The van der Waals surface area contributed by atoms with E-state index in [4.69, 9.17) is 4.74 Å². The van der Waals surface area contributed by atoms with Gasteiger partial charge in [-0.15, -0.1) is 0 Å². The SMILES string of the molecule is Cc1ccccc1C1CN(C(=O)CCc2ncc[nH]2)CCO1. The molecule has 0 aliphatic carbocycles. The van der Waals surface area contributed by atoms with E-state index in [1.54, 1.807) is 12.4 Å². The van der Waals surface area contributed by atoms with Gasteiger partial charge >= 0.3 is 0 Å². The number of hydrogen-bond donors (Lipinski definition) is 1. The van der Waals surface area contributed by atoms with Crippen molar-refractivity contribution in [2.45, 2.75) is 25.9 Å². The number of rotatable bonds is 4. The molecule has 1 saturated heterocycles. The first-order valence-electron chi connectivity index (χ1n) is 7.67. The van der Waals surface area contributed by atoms with Crippen molar-refractivity contribution in [3.63, 3.8) is 0 Å². The highest BCUT2D eigenvalue weighted by Crippen LogP contribution is 2.25. The Morgan fingerprint density at radius 2 is 2.32 bits per heavy atom. The highest BCUT2D eigenvalue weighted by Gasteiger charge is 2.25. The number of carbonyl (C=O) groups excluding carboxylic acids is 1. The summed E-state index contributed by atoms with van der Waals surface area (Å²) < 4.78 is 5.86. The number of carbonyl (C=O) groups is 1. The van der Waals surface area contributed by atoms with Gasteiger partial charge in [-0.3, -0.25) is 4.79 Å². The Morgan fingerprint density at radius 3 is 3.09 bits per heavy atom. The van der Waals surface area contributed by atoms with Gasteiger partial charge in [0.25, 0.3) is 0 Å². The van der Waals surface area contributed by atoms with Crippen molar-refractivity contribution in [3.05, 3.63) is 53.6 Å². The molecule has 2 aromatic rings. The number of amides is 1. The Kier molecular flexibility index (Phi) is 4.53. The summed E-state index contributed by atoms with van der Waals surface area (Å²) in [6.07, 6.45) is 4.60. The molecular formula is C17H21N3O2. The summed E-state index contributed by atoms with van der Waals surface area (Å²) in [6, 6.07) is 8.20. The number of aryl methyl sites for hydroxylation is 2. The van der Waals surface area contributed by atoms with Gasteiger partial charge in [0.1, 0.15) is 11.9 Å². The van der Waals surface area contributed by atoms with Crippen molar-refractivity contribution in [2.24, 2.45) is 0 Å². The largest absolute Gasteiger partial charge is 0.370 e. The topological polar surface area (TPSA) is 58.2 Å². The van der Waals surface area contributed by atoms with Gasteiger partial charge in [-0.1, -0.05) is 24.3 Å². The number of benzene rings is 1. The second-order valence-electron chi connectivity index (χ2n) is 5.59. The van der Waals surface area contributed by atoms with Crippen LogP contribution in [0.5, 0.6) is 0 Å². The van der Waals surface area contributed by atoms with Crippen LogP contribution in [0.4, 0.5) is 0 Å². The number of aromatic nitrogens is 2. The van der Waals surface area contributed by atoms with Gasteiger partial charge < -0.3 is 14.6 Å². The van der Waals surface area contributed by atoms with Crippen LogP contribution >= 0.6 is 0 Å². The van der Waals surface area contributed by atoms with Crippen LogP contribution in [-0.4, -0.2) is 40.5 Å². The average molecular weight is 299 g/mol. The molecule has 0 bridgehead atoms. The lowest BCUT2D eigenvalue weighted by atomic mass is 10.0. The Morgan fingerprint density at radius 1 is 1.45 bits per heavy atom. The lowest BCUT2D eigenvalue weighted by Gasteiger charge is -2.34. The second kappa shape index (κ2) is 6.75. The molecule has 116 valence electrons. The van der Waals surface area contributed by atoms with Crippen molar-refractivity contribution >= 4 is 5.91 Å². The minimum Gasteiger partial charge on any atom is -0.370 e. The van der Waals surface area contributed by atoms with Crippen LogP contribution < -0.4 is 0 Å². The van der Waals surface area contributed by atoms with Crippen LogP contribution in [-0.2, 0) is 16.0 Å². The quantitative estimate of drug-likeness (QED) is 0.942. The Hall–Kier alpha value is -2.14. The van der Waals surface area contributed by atoms with Gasteiger partial charge in [-0.25, -0.2) is 4.98 Å². The molecule has 0 spiro atoms. The van der Waals surface area contributed by atoms with E-state index in [0.717, 1.165) is 5.82 Å².